The Balaban J connectivity index is 1.54. The monoisotopic (exact) mass is 344 g/mol. The van der Waals surface area contributed by atoms with Gasteiger partial charge in [0, 0.05) is 36.6 Å². The fourth-order valence-electron chi connectivity index (χ4n) is 3.98. The van der Waals surface area contributed by atoms with Gasteiger partial charge in [0.1, 0.15) is 5.75 Å². The summed E-state index contributed by atoms with van der Waals surface area (Å²) in [6.07, 6.45) is 2.21. The molecule has 1 saturated carbocycles. The maximum Gasteiger partial charge on any atom is 0.318 e. The van der Waals surface area contributed by atoms with E-state index in [4.69, 9.17) is 9.47 Å². The topological polar surface area (TPSA) is 50.8 Å². The van der Waals surface area contributed by atoms with Gasteiger partial charge in [-0.05, 0) is 24.8 Å². The molecule has 2 heterocycles. The second kappa shape index (κ2) is 6.87. The minimum atomic E-state index is 0.0700. The van der Waals surface area contributed by atoms with Gasteiger partial charge in [-0.3, -0.25) is 0 Å². The molecule has 0 radical (unpaired) electrons. The van der Waals surface area contributed by atoms with E-state index in [0.717, 1.165) is 37.3 Å². The highest BCUT2D eigenvalue weighted by Gasteiger charge is 2.48. The van der Waals surface area contributed by atoms with Crippen molar-refractivity contribution >= 4 is 6.03 Å². The molecule has 3 aliphatic rings. The van der Waals surface area contributed by atoms with Crippen LogP contribution in [0.15, 0.2) is 24.3 Å². The van der Waals surface area contributed by atoms with Gasteiger partial charge in [0.25, 0.3) is 0 Å². The summed E-state index contributed by atoms with van der Waals surface area (Å²) in [5.41, 5.74) is 1.14. The fraction of sp³-hybridized carbons (Fsp3) is 0.650. The molecular weight excluding hydrogens is 316 g/mol. The van der Waals surface area contributed by atoms with Gasteiger partial charge in [0.15, 0.2) is 0 Å². The number of amides is 2. The standard InChI is InChI=1S/C20H28N2O3/c1-13(2)10-24-11-14-9-22(20(23)21-15-7-8-15)19-16-5-3-4-6-18(16)25-12-17(14)19/h3-6,13-15,17,19H,7-12H2,1-2H3,(H,21,23)/t14-,17-,19-/m0/s1. The van der Waals surface area contributed by atoms with E-state index in [2.05, 4.69) is 25.2 Å². The molecule has 2 fully saturated rings. The van der Waals surface area contributed by atoms with Gasteiger partial charge < -0.3 is 19.7 Å². The van der Waals surface area contributed by atoms with E-state index in [-0.39, 0.29) is 12.1 Å². The highest BCUT2D eigenvalue weighted by Crippen LogP contribution is 2.47. The number of rotatable bonds is 5. The molecule has 0 unspecified atom stereocenters. The third-order valence-electron chi connectivity index (χ3n) is 5.40. The molecule has 1 aliphatic carbocycles. The molecule has 4 rings (SSSR count). The normalized spacial score (nSPS) is 27.6. The first-order valence-corrected chi connectivity index (χ1v) is 9.50. The maximum absolute atomic E-state index is 12.8. The summed E-state index contributed by atoms with van der Waals surface area (Å²) < 4.78 is 11.9. The van der Waals surface area contributed by atoms with Crippen LogP contribution in [0.25, 0.3) is 0 Å². The van der Waals surface area contributed by atoms with Crippen LogP contribution in [-0.2, 0) is 4.74 Å². The summed E-state index contributed by atoms with van der Waals surface area (Å²) in [7, 11) is 0. The number of benzene rings is 1. The van der Waals surface area contributed by atoms with Crippen molar-refractivity contribution in [2.45, 2.75) is 38.8 Å². The quantitative estimate of drug-likeness (QED) is 0.892. The van der Waals surface area contributed by atoms with E-state index in [1.165, 1.54) is 0 Å². The van der Waals surface area contributed by atoms with Crippen molar-refractivity contribution in [3.8, 4) is 5.75 Å². The number of fused-ring (bicyclic) bond motifs is 3. The molecule has 1 aromatic carbocycles. The second-order valence-corrected chi connectivity index (χ2v) is 8.03. The second-order valence-electron chi connectivity index (χ2n) is 8.03. The van der Waals surface area contributed by atoms with Crippen LogP contribution < -0.4 is 10.1 Å². The molecule has 2 aliphatic heterocycles. The Morgan fingerprint density at radius 1 is 1.36 bits per heavy atom. The van der Waals surface area contributed by atoms with Crippen LogP contribution in [0.2, 0.25) is 0 Å². The average Bonchev–Trinajstić information content (AvgIpc) is 3.33. The molecule has 136 valence electrons. The summed E-state index contributed by atoms with van der Waals surface area (Å²) in [5, 5.41) is 3.16. The fourth-order valence-corrected chi connectivity index (χ4v) is 3.98. The van der Waals surface area contributed by atoms with Gasteiger partial charge in [-0.1, -0.05) is 32.0 Å². The Morgan fingerprint density at radius 3 is 2.92 bits per heavy atom. The summed E-state index contributed by atoms with van der Waals surface area (Å²) in [6, 6.07) is 8.66. The first-order chi connectivity index (χ1) is 12.1. The number of hydrogen-bond donors (Lipinski definition) is 1. The third-order valence-corrected chi connectivity index (χ3v) is 5.40. The smallest absolute Gasteiger partial charge is 0.318 e. The average molecular weight is 344 g/mol. The third kappa shape index (κ3) is 3.47. The van der Waals surface area contributed by atoms with Crippen LogP contribution in [0.5, 0.6) is 5.75 Å². The molecule has 1 N–H and O–H groups in total. The lowest BCUT2D eigenvalue weighted by molar-refractivity contribution is 0.0562. The van der Waals surface area contributed by atoms with Gasteiger partial charge in [0.05, 0.1) is 19.3 Å². The summed E-state index contributed by atoms with van der Waals surface area (Å²) in [5.74, 6) is 2.06. The van der Waals surface area contributed by atoms with Crippen molar-refractivity contribution < 1.29 is 14.3 Å². The zero-order valence-corrected chi connectivity index (χ0v) is 15.1. The van der Waals surface area contributed by atoms with Crippen LogP contribution in [-0.4, -0.2) is 43.3 Å². The van der Waals surface area contributed by atoms with E-state index in [0.29, 0.717) is 37.0 Å². The maximum atomic E-state index is 12.8. The molecular formula is C20H28N2O3. The Morgan fingerprint density at radius 2 is 2.16 bits per heavy atom. The van der Waals surface area contributed by atoms with E-state index in [1.807, 2.05) is 23.1 Å². The minimum Gasteiger partial charge on any atom is -0.493 e. The molecule has 25 heavy (non-hydrogen) atoms. The Bertz CT molecular complexity index is 629. The minimum absolute atomic E-state index is 0.0700. The lowest BCUT2D eigenvalue weighted by atomic mass is 9.86. The van der Waals surface area contributed by atoms with Crippen LogP contribution in [0.3, 0.4) is 0 Å². The van der Waals surface area contributed by atoms with Crippen LogP contribution in [0, 0.1) is 17.8 Å². The molecule has 3 atom stereocenters. The lowest BCUT2D eigenvalue weighted by Gasteiger charge is -2.34. The SMILES string of the molecule is CC(C)COC[C@@H]1CN(C(=O)NC2CC2)[C@H]2c3ccccc3OC[C@@H]12. The number of nitrogens with zero attached hydrogens (tertiary/aromatic N) is 1. The molecule has 1 aromatic rings. The zero-order valence-electron chi connectivity index (χ0n) is 15.1. The number of carbonyl (C=O) groups excluding carboxylic acids is 1. The van der Waals surface area contributed by atoms with Crippen molar-refractivity contribution in [2.24, 2.45) is 17.8 Å². The van der Waals surface area contributed by atoms with E-state index < -0.39 is 0 Å². The first-order valence-electron chi connectivity index (χ1n) is 9.50. The molecule has 1 saturated heterocycles. The number of para-hydroxylation sites is 1. The van der Waals surface area contributed by atoms with Gasteiger partial charge in [-0.15, -0.1) is 0 Å². The van der Waals surface area contributed by atoms with Gasteiger partial charge in [-0.25, -0.2) is 4.79 Å². The lowest BCUT2D eigenvalue weighted by Crippen LogP contribution is -2.42. The zero-order chi connectivity index (χ0) is 17.4. The van der Waals surface area contributed by atoms with Crippen molar-refractivity contribution in [1.29, 1.82) is 0 Å². The number of likely N-dealkylation sites (tertiary alicyclic amines) is 1. The van der Waals surface area contributed by atoms with Crippen LogP contribution in [0.4, 0.5) is 4.79 Å². The summed E-state index contributed by atoms with van der Waals surface area (Å²) in [6.45, 7) is 7.17. The molecule has 0 bridgehead atoms. The largest absolute Gasteiger partial charge is 0.493 e. The van der Waals surface area contributed by atoms with Gasteiger partial charge >= 0.3 is 6.03 Å². The van der Waals surface area contributed by atoms with E-state index in [9.17, 15) is 4.79 Å². The number of hydrogen-bond acceptors (Lipinski definition) is 3. The van der Waals surface area contributed by atoms with Crippen molar-refractivity contribution in [2.75, 3.05) is 26.4 Å². The van der Waals surface area contributed by atoms with Crippen molar-refractivity contribution in [3.63, 3.8) is 0 Å². The molecule has 0 aromatic heterocycles. The molecule has 2 amide bonds. The number of nitrogens with one attached hydrogen (secondary N) is 1. The van der Waals surface area contributed by atoms with Gasteiger partial charge in [0.2, 0.25) is 0 Å². The van der Waals surface area contributed by atoms with Gasteiger partial charge in [-0.2, -0.15) is 0 Å². The molecule has 0 spiro atoms. The predicted octanol–water partition coefficient (Wildman–Crippen LogP) is 3.21. The van der Waals surface area contributed by atoms with E-state index >= 15 is 0 Å². The highest BCUT2D eigenvalue weighted by atomic mass is 16.5. The highest BCUT2D eigenvalue weighted by molar-refractivity contribution is 5.76. The van der Waals surface area contributed by atoms with Crippen LogP contribution >= 0.6 is 0 Å². The predicted molar refractivity (Wildman–Crippen MR) is 95.6 cm³/mol. The first kappa shape index (κ1) is 16.7. The van der Waals surface area contributed by atoms with E-state index in [1.54, 1.807) is 0 Å². The Hall–Kier alpha value is -1.75. The molecule has 5 nitrogen and oxygen atoms in total. The van der Waals surface area contributed by atoms with Crippen molar-refractivity contribution in [1.82, 2.24) is 10.2 Å². The Labute approximate surface area is 149 Å². The van der Waals surface area contributed by atoms with Crippen LogP contribution in [0.1, 0.15) is 38.3 Å². The molecule has 5 heteroatoms. The van der Waals surface area contributed by atoms with Crippen molar-refractivity contribution in [3.05, 3.63) is 29.8 Å². The number of ether oxygens (including phenoxy) is 2. The summed E-state index contributed by atoms with van der Waals surface area (Å²) in [4.78, 5) is 14.8. The number of urea groups is 1. The Kier molecular flexibility index (Phi) is 4.59. The number of carbonyl (C=O) groups is 1. The summed E-state index contributed by atoms with van der Waals surface area (Å²) >= 11 is 0.